The lowest BCUT2D eigenvalue weighted by atomic mass is 10.2. The van der Waals surface area contributed by atoms with Gasteiger partial charge in [0.15, 0.2) is 6.10 Å². The largest absolute Gasteiger partial charge is 0.478 e. The maximum atomic E-state index is 12.0. The number of nitrogens with zero attached hydrogens (tertiary/aromatic N) is 1. The fourth-order valence-corrected chi connectivity index (χ4v) is 2.30. The van der Waals surface area contributed by atoms with Gasteiger partial charge < -0.3 is 9.84 Å². The second kappa shape index (κ2) is 5.94. The zero-order chi connectivity index (χ0) is 15.5. The van der Waals surface area contributed by atoms with Crippen molar-refractivity contribution in [3.8, 4) is 18.1 Å². The zero-order valence-corrected chi connectivity index (χ0v) is 12.1. The van der Waals surface area contributed by atoms with E-state index in [1.165, 1.54) is 26.2 Å². The molecule has 1 rings (SSSR count). The molecule has 1 unspecified atom stereocenters. The minimum atomic E-state index is -3.71. The van der Waals surface area contributed by atoms with Crippen LogP contribution in [0.15, 0.2) is 23.1 Å². The van der Waals surface area contributed by atoms with Gasteiger partial charge in [0.2, 0.25) is 10.0 Å². The van der Waals surface area contributed by atoms with Gasteiger partial charge in [-0.25, -0.2) is 17.5 Å². The number of sulfonamides is 1. The molecule has 1 N–H and O–H groups in total. The fourth-order valence-electron chi connectivity index (χ4n) is 1.37. The first-order chi connectivity index (χ1) is 9.20. The summed E-state index contributed by atoms with van der Waals surface area (Å²) in [4.78, 5) is 11.1. The van der Waals surface area contributed by atoms with E-state index in [1.807, 2.05) is 0 Å². The van der Waals surface area contributed by atoms with E-state index < -0.39 is 22.1 Å². The van der Waals surface area contributed by atoms with Crippen LogP contribution in [-0.2, 0) is 10.0 Å². The third-order valence-electron chi connectivity index (χ3n) is 2.50. The van der Waals surface area contributed by atoms with Crippen LogP contribution in [0.4, 0.5) is 0 Å². The number of terminal acetylenes is 1. The number of hydrogen-bond acceptors (Lipinski definition) is 4. The summed E-state index contributed by atoms with van der Waals surface area (Å²) in [6.07, 6.45) is 4.54. The SMILES string of the molecule is C#CC(C)Oc1ccc(S(=O)(=O)N(C)C)cc1C(=O)O. The normalized spacial score (nSPS) is 12.8. The summed E-state index contributed by atoms with van der Waals surface area (Å²) in [5, 5.41) is 9.14. The number of hydrogen-bond donors (Lipinski definition) is 1. The van der Waals surface area contributed by atoms with Gasteiger partial charge in [-0.15, -0.1) is 6.42 Å². The average molecular weight is 297 g/mol. The molecule has 0 aromatic heterocycles. The van der Waals surface area contributed by atoms with Gasteiger partial charge in [0, 0.05) is 14.1 Å². The summed E-state index contributed by atoms with van der Waals surface area (Å²) in [5.41, 5.74) is -0.255. The van der Waals surface area contributed by atoms with E-state index in [4.69, 9.17) is 16.3 Å². The van der Waals surface area contributed by atoms with Crippen molar-refractivity contribution < 1.29 is 23.1 Å². The van der Waals surface area contributed by atoms with E-state index >= 15 is 0 Å². The molecule has 0 heterocycles. The molecule has 7 heteroatoms. The summed E-state index contributed by atoms with van der Waals surface area (Å²) in [7, 11) is -0.986. The van der Waals surface area contributed by atoms with Gasteiger partial charge >= 0.3 is 5.97 Å². The number of rotatable bonds is 5. The van der Waals surface area contributed by atoms with E-state index in [2.05, 4.69) is 5.92 Å². The Morgan fingerprint density at radius 1 is 1.45 bits per heavy atom. The number of carboxylic acid groups (broad SMARTS) is 1. The Balaban J connectivity index is 3.35. The Kier molecular flexibility index (Phi) is 4.76. The van der Waals surface area contributed by atoms with Crippen LogP contribution in [-0.4, -0.2) is 44.0 Å². The predicted octanol–water partition coefficient (Wildman–Crippen LogP) is 1.04. The monoisotopic (exact) mass is 297 g/mol. The van der Waals surface area contributed by atoms with Crippen molar-refractivity contribution in [3.05, 3.63) is 23.8 Å². The third kappa shape index (κ3) is 3.29. The van der Waals surface area contributed by atoms with E-state index in [-0.39, 0.29) is 16.2 Å². The summed E-state index contributed by atoms with van der Waals surface area (Å²) in [6.45, 7) is 1.58. The van der Waals surface area contributed by atoms with Crippen LogP contribution in [0.1, 0.15) is 17.3 Å². The lowest BCUT2D eigenvalue weighted by Gasteiger charge is -2.15. The van der Waals surface area contributed by atoms with Crippen LogP contribution in [0, 0.1) is 12.3 Å². The van der Waals surface area contributed by atoms with Crippen molar-refractivity contribution in [2.75, 3.05) is 14.1 Å². The van der Waals surface area contributed by atoms with Gasteiger partial charge in [0.1, 0.15) is 11.3 Å². The highest BCUT2D eigenvalue weighted by atomic mass is 32.2. The lowest BCUT2D eigenvalue weighted by Crippen LogP contribution is -2.22. The zero-order valence-electron chi connectivity index (χ0n) is 11.3. The highest BCUT2D eigenvalue weighted by molar-refractivity contribution is 7.89. The topological polar surface area (TPSA) is 83.9 Å². The highest BCUT2D eigenvalue weighted by Crippen LogP contribution is 2.25. The van der Waals surface area contributed by atoms with Crippen molar-refractivity contribution in [2.45, 2.75) is 17.9 Å². The Hall–Kier alpha value is -2.04. The molecule has 0 aliphatic rings. The molecule has 0 fully saturated rings. The number of ether oxygens (including phenoxy) is 1. The molecule has 20 heavy (non-hydrogen) atoms. The van der Waals surface area contributed by atoms with E-state index in [9.17, 15) is 13.2 Å². The van der Waals surface area contributed by atoms with Crippen molar-refractivity contribution in [2.24, 2.45) is 0 Å². The van der Waals surface area contributed by atoms with Crippen LogP contribution in [0.2, 0.25) is 0 Å². The maximum absolute atomic E-state index is 12.0. The Morgan fingerprint density at radius 3 is 2.50 bits per heavy atom. The first-order valence-electron chi connectivity index (χ1n) is 5.62. The molecule has 0 saturated carbocycles. The van der Waals surface area contributed by atoms with Crippen LogP contribution >= 0.6 is 0 Å². The smallest absolute Gasteiger partial charge is 0.339 e. The first kappa shape index (κ1) is 16.0. The van der Waals surface area contributed by atoms with E-state index in [1.54, 1.807) is 6.92 Å². The highest BCUT2D eigenvalue weighted by Gasteiger charge is 2.22. The molecule has 108 valence electrons. The molecule has 0 radical (unpaired) electrons. The Labute approximate surface area is 118 Å². The Morgan fingerprint density at radius 2 is 2.05 bits per heavy atom. The summed E-state index contributed by atoms with van der Waals surface area (Å²) in [5.74, 6) is 1.04. The summed E-state index contributed by atoms with van der Waals surface area (Å²) >= 11 is 0. The average Bonchev–Trinajstić information content (AvgIpc) is 2.38. The van der Waals surface area contributed by atoms with Gasteiger partial charge in [-0.05, 0) is 25.1 Å². The fraction of sp³-hybridized carbons (Fsp3) is 0.308. The van der Waals surface area contributed by atoms with E-state index in [0.717, 1.165) is 10.4 Å². The molecule has 1 aromatic carbocycles. The molecule has 0 aliphatic carbocycles. The van der Waals surface area contributed by atoms with Gasteiger partial charge in [-0.2, -0.15) is 0 Å². The predicted molar refractivity (Wildman–Crippen MR) is 73.2 cm³/mol. The number of carboxylic acids is 1. The molecule has 6 nitrogen and oxygen atoms in total. The number of aromatic carboxylic acids is 1. The molecule has 1 aromatic rings. The third-order valence-corrected chi connectivity index (χ3v) is 4.31. The van der Waals surface area contributed by atoms with Crippen LogP contribution < -0.4 is 4.74 Å². The van der Waals surface area contributed by atoms with Crippen LogP contribution in [0.5, 0.6) is 5.75 Å². The van der Waals surface area contributed by atoms with Crippen LogP contribution in [0.3, 0.4) is 0 Å². The minimum absolute atomic E-state index is 0.0284. The quantitative estimate of drug-likeness (QED) is 0.821. The molecular weight excluding hydrogens is 282 g/mol. The molecule has 0 aliphatic heterocycles. The molecular formula is C13H15NO5S. The summed E-state index contributed by atoms with van der Waals surface area (Å²) < 4.78 is 30.2. The maximum Gasteiger partial charge on any atom is 0.339 e. The van der Waals surface area contributed by atoms with Gasteiger partial charge in [-0.1, -0.05) is 5.92 Å². The van der Waals surface area contributed by atoms with Crippen LogP contribution in [0.25, 0.3) is 0 Å². The van der Waals surface area contributed by atoms with Gasteiger partial charge in [-0.3, -0.25) is 0 Å². The first-order valence-corrected chi connectivity index (χ1v) is 7.06. The molecule has 0 saturated heterocycles. The molecule has 0 bridgehead atoms. The van der Waals surface area contributed by atoms with Crippen molar-refractivity contribution >= 4 is 16.0 Å². The standard InChI is InChI=1S/C13H15NO5S/c1-5-9(2)19-12-7-6-10(8-11(12)13(15)16)20(17,18)14(3)4/h1,6-9H,2-4H3,(H,15,16). The molecule has 0 amide bonds. The van der Waals surface area contributed by atoms with Crippen molar-refractivity contribution in [3.63, 3.8) is 0 Å². The Bertz CT molecular complexity index is 658. The van der Waals surface area contributed by atoms with Gasteiger partial charge in [0.25, 0.3) is 0 Å². The van der Waals surface area contributed by atoms with Gasteiger partial charge in [0.05, 0.1) is 4.90 Å². The van der Waals surface area contributed by atoms with Crippen molar-refractivity contribution in [1.82, 2.24) is 4.31 Å². The minimum Gasteiger partial charge on any atom is -0.478 e. The second-order valence-corrected chi connectivity index (χ2v) is 6.33. The number of benzene rings is 1. The summed E-state index contributed by atoms with van der Waals surface area (Å²) in [6, 6.07) is 3.62. The van der Waals surface area contributed by atoms with Crippen molar-refractivity contribution in [1.29, 1.82) is 0 Å². The molecule has 0 spiro atoms. The number of carbonyl (C=O) groups is 1. The van der Waals surface area contributed by atoms with E-state index in [0.29, 0.717) is 0 Å². The second-order valence-electron chi connectivity index (χ2n) is 4.18. The lowest BCUT2D eigenvalue weighted by molar-refractivity contribution is 0.0691. The molecule has 1 atom stereocenters.